The number of carbonyl (C=O) groups is 6. The van der Waals surface area contributed by atoms with E-state index in [1.807, 2.05) is 0 Å². The first-order valence-corrected chi connectivity index (χ1v) is 21.3. The second-order valence-electron chi connectivity index (χ2n) is 14.3. The molecule has 4 aromatic carbocycles. The van der Waals surface area contributed by atoms with Crippen LogP contribution in [0.3, 0.4) is 0 Å². The first-order chi connectivity index (χ1) is 32.3. The molecule has 356 valence electrons. The average Bonchev–Trinajstić information content (AvgIpc) is 3.30. The summed E-state index contributed by atoms with van der Waals surface area (Å²) in [5.74, 6) is -0.458. The zero-order valence-corrected chi connectivity index (χ0v) is 36.8. The van der Waals surface area contributed by atoms with Crippen molar-refractivity contribution in [1.82, 2.24) is 21.3 Å². The number of nitrogens with zero attached hydrogens (tertiary/aromatic N) is 2. The maximum absolute atomic E-state index is 12.5. The number of rotatable bonds is 28. The van der Waals surface area contributed by atoms with Crippen molar-refractivity contribution >= 4 is 58.9 Å². The number of guanidine groups is 2. The molecule has 0 aliphatic rings. The molecule has 21 heteroatoms. The summed E-state index contributed by atoms with van der Waals surface area (Å²) < 4.78 is 27.4. The van der Waals surface area contributed by atoms with E-state index in [9.17, 15) is 28.8 Å². The van der Waals surface area contributed by atoms with Crippen molar-refractivity contribution in [2.45, 2.75) is 38.5 Å². The Morgan fingerprint density at radius 2 is 0.701 bits per heavy atom. The van der Waals surface area contributed by atoms with Gasteiger partial charge in [-0.1, -0.05) is 0 Å². The van der Waals surface area contributed by atoms with Gasteiger partial charge in [0.2, 0.25) is 23.6 Å². The second-order valence-corrected chi connectivity index (χ2v) is 14.3. The van der Waals surface area contributed by atoms with Gasteiger partial charge in [-0.3, -0.25) is 19.2 Å². The first kappa shape index (κ1) is 51.4. The predicted molar refractivity (Wildman–Crippen MR) is 248 cm³/mol. The molecule has 0 bridgehead atoms. The van der Waals surface area contributed by atoms with Gasteiger partial charge in [-0.05, 0) is 110 Å². The zero-order valence-electron chi connectivity index (χ0n) is 36.8. The van der Waals surface area contributed by atoms with Crippen LogP contribution >= 0.6 is 0 Å². The van der Waals surface area contributed by atoms with Crippen LogP contribution in [-0.2, 0) is 23.9 Å². The number of aliphatic imine (C=N–C) groups is 2. The van der Waals surface area contributed by atoms with Crippen LogP contribution in [0.15, 0.2) is 107 Å². The van der Waals surface area contributed by atoms with E-state index in [0.717, 1.165) is 0 Å². The highest BCUT2D eigenvalue weighted by atomic mass is 16.5. The highest BCUT2D eigenvalue weighted by Gasteiger charge is 2.12. The highest BCUT2D eigenvalue weighted by molar-refractivity contribution is 5.92. The third kappa shape index (κ3) is 21.4. The molecule has 0 aliphatic heterocycles. The SMILES string of the molecule is NC(N)=Nc1ccc(OC(=O)c2ccc(OCCNC(=O)CCCC(=O)NCCOCCNC(=O)CCCC(=O)NCCOc3ccc(C(=O)Oc4ccc(N=C(N)N)cc4)cc3)cc2)cc1. The number of nitrogens with two attached hydrogens (primary N) is 4. The first-order valence-electron chi connectivity index (χ1n) is 21.3. The Balaban J connectivity index is 0.916. The number of esters is 2. The molecule has 4 amide bonds. The summed E-state index contributed by atoms with van der Waals surface area (Å²) in [5.41, 5.74) is 23.1. The third-order valence-corrected chi connectivity index (χ3v) is 8.93. The van der Waals surface area contributed by atoms with Gasteiger partial charge < -0.3 is 67.9 Å². The number of ether oxygens (including phenoxy) is 5. The summed E-state index contributed by atoms with van der Waals surface area (Å²) in [6.45, 7) is 1.95. The fourth-order valence-corrected chi connectivity index (χ4v) is 5.70. The Bertz CT molecular complexity index is 2120. The van der Waals surface area contributed by atoms with Crippen LogP contribution in [-0.4, -0.2) is 100 Å². The van der Waals surface area contributed by atoms with Crippen molar-refractivity contribution in [3.05, 3.63) is 108 Å². The molecule has 0 radical (unpaired) electrons. The molecule has 0 saturated carbocycles. The lowest BCUT2D eigenvalue weighted by Gasteiger charge is -2.09. The van der Waals surface area contributed by atoms with Crippen LogP contribution in [0.4, 0.5) is 11.4 Å². The Hall–Kier alpha value is -8.20. The quantitative estimate of drug-likeness (QED) is 0.0133. The van der Waals surface area contributed by atoms with Gasteiger partial charge >= 0.3 is 11.9 Å². The van der Waals surface area contributed by atoms with Gasteiger partial charge in [0, 0.05) is 38.8 Å². The molecule has 21 nitrogen and oxygen atoms in total. The van der Waals surface area contributed by atoms with E-state index >= 15 is 0 Å². The summed E-state index contributed by atoms with van der Waals surface area (Å²) in [6, 6.07) is 25.5. The molecular formula is C46H56N10O11. The molecular weight excluding hydrogens is 869 g/mol. The van der Waals surface area contributed by atoms with E-state index in [0.29, 0.717) is 58.3 Å². The van der Waals surface area contributed by atoms with Crippen molar-refractivity contribution in [3.63, 3.8) is 0 Å². The molecule has 0 heterocycles. The van der Waals surface area contributed by atoms with E-state index in [1.54, 1.807) is 97.1 Å². The Kier molecular flexibility index (Phi) is 21.9. The van der Waals surface area contributed by atoms with E-state index in [2.05, 4.69) is 31.3 Å². The number of amides is 4. The van der Waals surface area contributed by atoms with Gasteiger partial charge in [0.1, 0.15) is 36.2 Å². The van der Waals surface area contributed by atoms with Crippen LogP contribution in [0.25, 0.3) is 0 Å². The van der Waals surface area contributed by atoms with Gasteiger partial charge in [-0.25, -0.2) is 19.6 Å². The van der Waals surface area contributed by atoms with Crippen LogP contribution in [0.2, 0.25) is 0 Å². The van der Waals surface area contributed by atoms with Crippen LogP contribution in [0.1, 0.15) is 59.2 Å². The van der Waals surface area contributed by atoms with Gasteiger partial charge in [0.05, 0.1) is 48.8 Å². The molecule has 0 fully saturated rings. The van der Waals surface area contributed by atoms with Crippen LogP contribution in [0, 0.1) is 0 Å². The summed E-state index contributed by atoms with van der Waals surface area (Å²) in [6.07, 6.45) is 1.39. The number of hydrogen-bond acceptors (Lipinski definition) is 13. The Morgan fingerprint density at radius 1 is 0.403 bits per heavy atom. The minimum Gasteiger partial charge on any atom is -0.492 e. The summed E-state index contributed by atoms with van der Waals surface area (Å²) in [4.78, 5) is 81.3. The molecule has 0 aliphatic carbocycles. The topological polar surface area (TPSA) is 325 Å². The lowest BCUT2D eigenvalue weighted by molar-refractivity contribution is -0.124. The lowest BCUT2D eigenvalue weighted by Crippen LogP contribution is -2.31. The van der Waals surface area contributed by atoms with E-state index in [1.165, 1.54) is 0 Å². The van der Waals surface area contributed by atoms with Gasteiger partial charge in [0.25, 0.3) is 0 Å². The molecule has 0 spiro atoms. The van der Waals surface area contributed by atoms with E-state index in [4.69, 9.17) is 46.6 Å². The van der Waals surface area contributed by atoms with E-state index in [-0.39, 0.29) is 114 Å². The molecule has 67 heavy (non-hydrogen) atoms. The number of benzene rings is 4. The Labute approximate surface area is 387 Å². The standard InChI is InChI=1S/C46H56N10O11/c47-45(48)55-33-11-19-37(20-12-33)66-43(61)31-7-15-35(16-8-31)64-29-25-53-41(59)5-1-3-39(57)51-23-27-63-28-24-52-40(58)4-2-6-42(60)54-26-30-65-36-17-9-32(10-18-36)44(62)67-38-21-13-34(14-22-38)56-46(49)50/h7-22H,1-6,23-30H2,(H,51,57)(H,52,58)(H,53,59)(H,54,60)(H4,47,48,55)(H4,49,50,56). The minimum absolute atomic E-state index is 0.0800. The Morgan fingerprint density at radius 3 is 1.01 bits per heavy atom. The number of hydrogen-bond donors (Lipinski definition) is 8. The lowest BCUT2D eigenvalue weighted by atomic mass is 10.2. The molecule has 0 saturated heterocycles. The van der Waals surface area contributed by atoms with Crippen molar-refractivity contribution in [2.75, 3.05) is 52.6 Å². The second kappa shape index (κ2) is 28.6. The monoisotopic (exact) mass is 924 g/mol. The molecule has 0 atom stereocenters. The largest absolute Gasteiger partial charge is 0.492 e. The number of nitrogens with one attached hydrogen (secondary N) is 4. The summed E-state index contributed by atoms with van der Waals surface area (Å²) in [7, 11) is 0. The number of carbonyl (C=O) groups excluding carboxylic acids is 6. The van der Waals surface area contributed by atoms with Crippen molar-refractivity contribution in [1.29, 1.82) is 0 Å². The smallest absolute Gasteiger partial charge is 0.343 e. The average molecular weight is 925 g/mol. The molecule has 12 N–H and O–H groups in total. The van der Waals surface area contributed by atoms with Gasteiger partial charge in [-0.15, -0.1) is 0 Å². The highest BCUT2D eigenvalue weighted by Crippen LogP contribution is 2.21. The van der Waals surface area contributed by atoms with Gasteiger partial charge in [-0.2, -0.15) is 0 Å². The molecule has 0 aromatic heterocycles. The fraction of sp³-hybridized carbons (Fsp3) is 0.304. The third-order valence-electron chi connectivity index (χ3n) is 8.93. The van der Waals surface area contributed by atoms with Crippen LogP contribution in [0.5, 0.6) is 23.0 Å². The maximum Gasteiger partial charge on any atom is 0.343 e. The van der Waals surface area contributed by atoms with E-state index < -0.39 is 11.9 Å². The van der Waals surface area contributed by atoms with Gasteiger partial charge in [0.15, 0.2) is 11.9 Å². The summed E-state index contributed by atoms with van der Waals surface area (Å²) >= 11 is 0. The molecule has 4 aromatic rings. The predicted octanol–water partition coefficient (Wildman–Crippen LogP) is 2.21. The normalized spacial score (nSPS) is 10.4. The zero-order chi connectivity index (χ0) is 48.2. The fourth-order valence-electron chi connectivity index (χ4n) is 5.70. The molecule has 4 rings (SSSR count). The minimum atomic E-state index is -0.553. The van der Waals surface area contributed by atoms with Crippen molar-refractivity contribution in [3.8, 4) is 23.0 Å². The maximum atomic E-state index is 12.5. The molecule has 0 unspecified atom stereocenters. The van der Waals surface area contributed by atoms with Crippen LogP contribution < -0.4 is 63.1 Å². The summed E-state index contributed by atoms with van der Waals surface area (Å²) in [5, 5.41) is 10.9. The van der Waals surface area contributed by atoms with Crippen molar-refractivity contribution < 1.29 is 52.5 Å². The van der Waals surface area contributed by atoms with Crippen molar-refractivity contribution in [2.24, 2.45) is 32.9 Å².